The number of rotatable bonds is 7. The Kier molecular flexibility index (Phi) is 6.52. The number of nitrogens with zero attached hydrogens (tertiary/aromatic N) is 1. The Hall–Kier alpha value is -1.92. The van der Waals surface area contributed by atoms with Crippen molar-refractivity contribution in [2.24, 2.45) is 0 Å². The third-order valence-electron chi connectivity index (χ3n) is 3.68. The Labute approximate surface area is 130 Å². The SMILES string of the molecule is COCC(=O)N(c1c(C)ccc(C)c1C)C(CCO)C(=O)O. The number of aliphatic hydroxyl groups excluding tert-OH is 1. The van der Waals surface area contributed by atoms with Crippen molar-refractivity contribution in [2.45, 2.75) is 33.2 Å². The van der Waals surface area contributed by atoms with E-state index >= 15 is 0 Å². The summed E-state index contributed by atoms with van der Waals surface area (Å²) in [6.45, 7) is 5.04. The lowest BCUT2D eigenvalue weighted by atomic mass is 10.00. The van der Waals surface area contributed by atoms with E-state index in [0.29, 0.717) is 5.69 Å². The van der Waals surface area contributed by atoms with Gasteiger partial charge in [0, 0.05) is 20.1 Å². The molecule has 0 bridgehead atoms. The molecule has 6 nitrogen and oxygen atoms in total. The molecule has 0 aliphatic carbocycles. The first kappa shape index (κ1) is 18.1. The predicted molar refractivity (Wildman–Crippen MR) is 83.1 cm³/mol. The Balaban J connectivity index is 3.47. The van der Waals surface area contributed by atoms with Crippen LogP contribution in [-0.2, 0) is 14.3 Å². The van der Waals surface area contributed by atoms with Crippen LogP contribution in [0.15, 0.2) is 12.1 Å². The third-order valence-corrected chi connectivity index (χ3v) is 3.68. The molecule has 6 heteroatoms. The molecule has 1 unspecified atom stereocenters. The highest BCUT2D eigenvalue weighted by Gasteiger charge is 2.32. The van der Waals surface area contributed by atoms with Crippen LogP contribution in [0.5, 0.6) is 0 Å². The number of aliphatic hydroxyl groups is 1. The summed E-state index contributed by atoms with van der Waals surface area (Å²) >= 11 is 0. The summed E-state index contributed by atoms with van der Waals surface area (Å²) in [6, 6.07) is 2.64. The fourth-order valence-electron chi connectivity index (χ4n) is 2.44. The lowest BCUT2D eigenvalue weighted by Gasteiger charge is -2.31. The standard InChI is InChI=1S/C16H23NO5/c1-10-5-6-11(2)15(12(10)3)17(14(19)9-22-4)13(7-8-18)16(20)21/h5-6,13,18H,7-9H2,1-4H3,(H,20,21). The molecule has 1 amide bonds. The number of anilines is 1. The molecule has 0 fully saturated rings. The number of ether oxygens (including phenoxy) is 1. The number of carbonyl (C=O) groups is 2. The number of methoxy groups -OCH3 is 1. The molecule has 0 aliphatic heterocycles. The topological polar surface area (TPSA) is 87.1 Å². The van der Waals surface area contributed by atoms with Gasteiger partial charge in [-0.05, 0) is 37.5 Å². The maximum Gasteiger partial charge on any atom is 0.326 e. The number of carboxylic acids is 1. The summed E-state index contributed by atoms with van der Waals surface area (Å²) in [5.41, 5.74) is 3.18. The molecule has 0 saturated carbocycles. The summed E-state index contributed by atoms with van der Waals surface area (Å²) in [5.74, 6) is -1.60. The molecular weight excluding hydrogens is 286 g/mol. The molecule has 22 heavy (non-hydrogen) atoms. The third kappa shape index (κ3) is 3.84. The molecule has 1 atom stereocenters. The zero-order valence-corrected chi connectivity index (χ0v) is 13.4. The van der Waals surface area contributed by atoms with Crippen molar-refractivity contribution in [3.63, 3.8) is 0 Å². The van der Waals surface area contributed by atoms with Gasteiger partial charge in [-0.1, -0.05) is 12.1 Å². The summed E-state index contributed by atoms with van der Waals surface area (Å²) in [6.07, 6.45) is -0.0440. The van der Waals surface area contributed by atoms with Crippen LogP contribution in [0.25, 0.3) is 0 Å². The first-order valence-electron chi connectivity index (χ1n) is 7.06. The van der Waals surface area contributed by atoms with Crippen molar-refractivity contribution in [2.75, 3.05) is 25.2 Å². The molecule has 2 N–H and O–H groups in total. The van der Waals surface area contributed by atoms with Crippen molar-refractivity contribution in [3.05, 3.63) is 28.8 Å². The monoisotopic (exact) mass is 309 g/mol. The number of carboxylic acid groups (broad SMARTS) is 1. The fourth-order valence-corrected chi connectivity index (χ4v) is 2.44. The molecule has 0 radical (unpaired) electrons. The summed E-state index contributed by atoms with van der Waals surface area (Å²) in [7, 11) is 1.38. The Morgan fingerprint density at radius 2 is 1.82 bits per heavy atom. The summed E-state index contributed by atoms with van der Waals surface area (Å²) < 4.78 is 4.88. The Morgan fingerprint density at radius 1 is 1.23 bits per heavy atom. The maximum absolute atomic E-state index is 12.4. The van der Waals surface area contributed by atoms with Crippen molar-refractivity contribution < 1.29 is 24.5 Å². The minimum atomic E-state index is -1.15. The van der Waals surface area contributed by atoms with Gasteiger partial charge in [0.15, 0.2) is 0 Å². The first-order valence-corrected chi connectivity index (χ1v) is 7.06. The average Bonchev–Trinajstić information content (AvgIpc) is 2.46. The van der Waals surface area contributed by atoms with E-state index in [9.17, 15) is 14.7 Å². The molecular formula is C16H23NO5. The second-order valence-corrected chi connectivity index (χ2v) is 5.24. The molecule has 122 valence electrons. The highest BCUT2D eigenvalue weighted by atomic mass is 16.5. The van der Waals surface area contributed by atoms with Gasteiger partial charge in [0.25, 0.3) is 5.91 Å². The number of aliphatic carboxylic acids is 1. The zero-order valence-electron chi connectivity index (χ0n) is 13.4. The van der Waals surface area contributed by atoms with E-state index in [1.165, 1.54) is 12.0 Å². The Morgan fingerprint density at radius 3 is 2.32 bits per heavy atom. The molecule has 1 aromatic carbocycles. The van der Waals surface area contributed by atoms with Gasteiger partial charge >= 0.3 is 5.97 Å². The first-order chi connectivity index (χ1) is 10.3. The summed E-state index contributed by atoms with van der Waals surface area (Å²) in [5, 5.41) is 18.6. The predicted octanol–water partition coefficient (Wildman–Crippen LogP) is 1.43. The largest absolute Gasteiger partial charge is 0.480 e. The van der Waals surface area contributed by atoms with E-state index in [0.717, 1.165) is 16.7 Å². The van der Waals surface area contributed by atoms with Crippen LogP contribution in [-0.4, -0.2) is 48.5 Å². The van der Waals surface area contributed by atoms with Crippen LogP contribution in [0.1, 0.15) is 23.1 Å². The van der Waals surface area contributed by atoms with E-state index in [1.54, 1.807) is 0 Å². The number of hydrogen-bond acceptors (Lipinski definition) is 4. The fraction of sp³-hybridized carbons (Fsp3) is 0.500. The van der Waals surface area contributed by atoms with Gasteiger partial charge < -0.3 is 14.9 Å². The lowest BCUT2D eigenvalue weighted by Crippen LogP contribution is -2.48. The smallest absolute Gasteiger partial charge is 0.326 e. The normalized spacial score (nSPS) is 12.0. The zero-order chi connectivity index (χ0) is 16.9. The second-order valence-electron chi connectivity index (χ2n) is 5.24. The molecule has 0 spiro atoms. The van der Waals surface area contributed by atoms with Gasteiger partial charge in [0.05, 0.1) is 5.69 Å². The van der Waals surface area contributed by atoms with E-state index in [-0.39, 0.29) is 19.6 Å². The minimum absolute atomic E-state index is 0.0440. The lowest BCUT2D eigenvalue weighted by molar-refractivity contribution is -0.141. The Bertz CT molecular complexity index is 556. The van der Waals surface area contributed by atoms with Crippen molar-refractivity contribution in [3.8, 4) is 0 Å². The number of carbonyl (C=O) groups excluding carboxylic acids is 1. The minimum Gasteiger partial charge on any atom is -0.480 e. The van der Waals surface area contributed by atoms with Gasteiger partial charge in [0.1, 0.15) is 12.6 Å². The van der Waals surface area contributed by atoms with Crippen molar-refractivity contribution >= 4 is 17.6 Å². The molecule has 0 aromatic heterocycles. The van der Waals surface area contributed by atoms with Gasteiger partial charge in [-0.15, -0.1) is 0 Å². The van der Waals surface area contributed by atoms with Crippen molar-refractivity contribution in [1.29, 1.82) is 0 Å². The van der Waals surface area contributed by atoms with E-state index in [2.05, 4.69) is 0 Å². The van der Waals surface area contributed by atoms with Gasteiger partial charge in [0.2, 0.25) is 0 Å². The van der Waals surface area contributed by atoms with Crippen LogP contribution in [0.3, 0.4) is 0 Å². The second kappa shape index (κ2) is 7.91. The maximum atomic E-state index is 12.4. The summed E-state index contributed by atoms with van der Waals surface area (Å²) in [4.78, 5) is 25.2. The highest BCUT2D eigenvalue weighted by Crippen LogP contribution is 2.30. The van der Waals surface area contributed by atoms with Crippen LogP contribution < -0.4 is 4.90 Å². The van der Waals surface area contributed by atoms with Gasteiger partial charge in [-0.2, -0.15) is 0 Å². The van der Waals surface area contributed by atoms with E-state index in [1.807, 2.05) is 32.9 Å². The number of benzene rings is 1. The van der Waals surface area contributed by atoms with Crippen LogP contribution >= 0.6 is 0 Å². The van der Waals surface area contributed by atoms with Crippen molar-refractivity contribution in [1.82, 2.24) is 0 Å². The van der Waals surface area contributed by atoms with Gasteiger partial charge in [-0.3, -0.25) is 9.69 Å². The highest BCUT2D eigenvalue weighted by molar-refractivity contribution is 6.01. The average molecular weight is 309 g/mol. The number of aryl methyl sites for hydroxylation is 2. The van der Waals surface area contributed by atoms with Crippen LogP contribution in [0.2, 0.25) is 0 Å². The van der Waals surface area contributed by atoms with Crippen LogP contribution in [0, 0.1) is 20.8 Å². The van der Waals surface area contributed by atoms with Gasteiger partial charge in [-0.25, -0.2) is 4.79 Å². The molecule has 0 aliphatic rings. The number of amides is 1. The number of hydrogen-bond donors (Lipinski definition) is 2. The molecule has 1 rings (SSSR count). The molecule has 0 heterocycles. The molecule has 1 aromatic rings. The quantitative estimate of drug-likeness (QED) is 0.795. The van der Waals surface area contributed by atoms with E-state index < -0.39 is 17.9 Å². The van der Waals surface area contributed by atoms with E-state index in [4.69, 9.17) is 9.84 Å². The van der Waals surface area contributed by atoms with Crippen LogP contribution in [0.4, 0.5) is 5.69 Å². The molecule has 0 saturated heterocycles.